The number of methoxy groups -OCH3 is 2. The third-order valence-corrected chi connectivity index (χ3v) is 5.30. The van der Waals surface area contributed by atoms with E-state index in [1.54, 1.807) is 38.5 Å². The van der Waals surface area contributed by atoms with Gasteiger partial charge in [-0.3, -0.25) is 9.78 Å². The van der Waals surface area contributed by atoms with Crippen LogP contribution in [0.1, 0.15) is 29.2 Å². The topological polar surface area (TPSA) is 118 Å². The Balaban J connectivity index is 1.76. The van der Waals surface area contributed by atoms with Crippen molar-refractivity contribution in [1.82, 2.24) is 15.0 Å². The van der Waals surface area contributed by atoms with Gasteiger partial charge in [0.25, 0.3) is 5.56 Å². The molecular formula is C22H22N4O5. The molecule has 0 aliphatic carbocycles. The second-order valence-corrected chi connectivity index (χ2v) is 7.13. The molecule has 2 heterocycles. The number of H-pyrrole nitrogens is 1. The number of hydrogen-bond acceptors (Lipinski definition) is 7. The Labute approximate surface area is 177 Å². The molecule has 1 atom stereocenters. The Morgan fingerprint density at radius 1 is 1.13 bits per heavy atom. The number of benzene rings is 2. The monoisotopic (exact) mass is 422 g/mol. The van der Waals surface area contributed by atoms with Crippen molar-refractivity contribution in [3.05, 3.63) is 80.0 Å². The molecule has 0 saturated heterocycles. The third kappa shape index (κ3) is 3.54. The van der Waals surface area contributed by atoms with Gasteiger partial charge in [-0.25, -0.2) is 9.36 Å². The van der Waals surface area contributed by atoms with Gasteiger partial charge >= 0.3 is 5.69 Å². The maximum Gasteiger partial charge on any atom is 0.335 e. The molecule has 1 aromatic heterocycles. The van der Waals surface area contributed by atoms with Crippen molar-refractivity contribution in [3.8, 4) is 23.1 Å². The van der Waals surface area contributed by atoms with Crippen molar-refractivity contribution in [3.63, 3.8) is 0 Å². The Morgan fingerprint density at radius 2 is 1.90 bits per heavy atom. The summed E-state index contributed by atoms with van der Waals surface area (Å²) in [5.74, 6) is 0.833. The molecule has 0 radical (unpaired) electrons. The van der Waals surface area contributed by atoms with E-state index in [4.69, 9.17) is 9.47 Å². The van der Waals surface area contributed by atoms with E-state index < -0.39 is 17.1 Å². The number of aryl methyl sites for hydroxylation is 1. The van der Waals surface area contributed by atoms with Crippen molar-refractivity contribution in [2.75, 3.05) is 14.2 Å². The summed E-state index contributed by atoms with van der Waals surface area (Å²) in [6, 6.07) is 12.2. The smallest absolute Gasteiger partial charge is 0.335 e. The molecule has 1 aliphatic heterocycles. The van der Waals surface area contributed by atoms with Gasteiger partial charge in [0.1, 0.15) is 17.1 Å². The highest BCUT2D eigenvalue weighted by Crippen LogP contribution is 2.34. The van der Waals surface area contributed by atoms with E-state index in [0.29, 0.717) is 29.3 Å². The van der Waals surface area contributed by atoms with Crippen LogP contribution in [0.2, 0.25) is 0 Å². The molecule has 9 heteroatoms. The minimum absolute atomic E-state index is 0.0558. The molecule has 0 spiro atoms. The summed E-state index contributed by atoms with van der Waals surface area (Å²) in [5, 5.41) is 15.2. The quantitative estimate of drug-likeness (QED) is 0.579. The summed E-state index contributed by atoms with van der Waals surface area (Å²) in [6.07, 6.45) is 0.298. The third-order valence-electron chi connectivity index (χ3n) is 5.30. The Bertz CT molecular complexity index is 1290. The molecule has 0 bridgehead atoms. The zero-order valence-electron chi connectivity index (χ0n) is 17.3. The number of para-hydroxylation sites is 1. The fourth-order valence-corrected chi connectivity index (χ4v) is 3.71. The maximum atomic E-state index is 12.6. The summed E-state index contributed by atoms with van der Waals surface area (Å²) in [5.41, 5.74) is 3.87. The Hall–Kier alpha value is -4.01. The van der Waals surface area contributed by atoms with Crippen LogP contribution in [0.5, 0.6) is 17.4 Å². The molecule has 0 saturated carbocycles. The molecule has 31 heavy (non-hydrogen) atoms. The standard InChI is InChI=1S/C22H22N4O5/c1-12-6-4-5-7-17(12)26-21(28)19(20(27)23-22(26)29)16-11-15(24-25-16)14-10-13(30-2)8-9-18(14)31-3/h4-10,15,24,28H,11H2,1-3H3,(H,23,27,29)/t15-/m0/s1. The second kappa shape index (κ2) is 8.02. The van der Waals surface area contributed by atoms with Crippen LogP contribution in [0.25, 0.3) is 5.69 Å². The molecule has 0 fully saturated rings. The summed E-state index contributed by atoms with van der Waals surface area (Å²) in [6.45, 7) is 1.81. The molecule has 2 aromatic carbocycles. The maximum absolute atomic E-state index is 12.6. The summed E-state index contributed by atoms with van der Waals surface area (Å²) < 4.78 is 11.8. The first-order valence-electron chi connectivity index (χ1n) is 9.63. The highest BCUT2D eigenvalue weighted by Gasteiger charge is 2.29. The SMILES string of the molecule is COc1ccc(OC)c([C@@H]2CC(c3c(O)n(-c4ccccc4C)c(=O)[nH]c3=O)=NN2)c1. The largest absolute Gasteiger partial charge is 0.497 e. The molecule has 160 valence electrons. The number of aromatic nitrogens is 2. The van der Waals surface area contributed by atoms with Crippen molar-refractivity contribution >= 4 is 5.71 Å². The molecule has 9 nitrogen and oxygen atoms in total. The van der Waals surface area contributed by atoms with Crippen LogP contribution in [-0.2, 0) is 0 Å². The predicted molar refractivity (Wildman–Crippen MR) is 116 cm³/mol. The highest BCUT2D eigenvalue weighted by molar-refractivity contribution is 6.03. The van der Waals surface area contributed by atoms with E-state index in [-0.39, 0.29) is 11.6 Å². The number of nitrogens with one attached hydrogen (secondary N) is 2. The van der Waals surface area contributed by atoms with E-state index in [1.807, 2.05) is 25.1 Å². The van der Waals surface area contributed by atoms with Crippen LogP contribution in [0.3, 0.4) is 0 Å². The minimum Gasteiger partial charge on any atom is -0.497 e. The summed E-state index contributed by atoms with van der Waals surface area (Å²) in [7, 11) is 3.14. The van der Waals surface area contributed by atoms with Crippen molar-refractivity contribution in [2.24, 2.45) is 5.10 Å². The summed E-state index contributed by atoms with van der Waals surface area (Å²) in [4.78, 5) is 27.4. The lowest BCUT2D eigenvalue weighted by atomic mass is 9.99. The minimum atomic E-state index is -0.724. The van der Waals surface area contributed by atoms with Crippen LogP contribution >= 0.6 is 0 Å². The fourth-order valence-electron chi connectivity index (χ4n) is 3.71. The number of aromatic amines is 1. The van der Waals surface area contributed by atoms with Gasteiger partial charge in [-0.15, -0.1) is 0 Å². The van der Waals surface area contributed by atoms with Gasteiger partial charge in [0.2, 0.25) is 5.88 Å². The lowest BCUT2D eigenvalue weighted by molar-refractivity contribution is 0.392. The van der Waals surface area contributed by atoms with Crippen LogP contribution in [0.15, 0.2) is 57.2 Å². The van der Waals surface area contributed by atoms with Gasteiger partial charge in [0.05, 0.1) is 31.7 Å². The lowest BCUT2D eigenvalue weighted by Crippen LogP contribution is -2.33. The van der Waals surface area contributed by atoms with E-state index in [0.717, 1.165) is 15.7 Å². The van der Waals surface area contributed by atoms with E-state index in [1.165, 1.54) is 0 Å². The average molecular weight is 422 g/mol. The Kier molecular flexibility index (Phi) is 5.24. The van der Waals surface area contributed by atoms with Crippen molar-refractivity contribution < 1.29 is 14.6 Å². The molecule has 4 rings (SSSR count). The van der Waals surface area contributed by atoms with Crippen LogP contribution in [0, 0.1) is 6.92 Å². The van der Waals surface area contributed by atoms with Gasteiger partial charge in [0, 0.05) is 12.0 Å². The van der Waals surface area contributed by atoms with E-state index in [9.17, 15) is 14.7 Å². The number of aromatic hydroxyl groups is 1. The Morgan fingerprint density at radius 3 is 2.61 bits per heavy atom. The van der Waals surface area contributed by atoms with Crippen molar-refractivity contribution in [1.29, 1.82) is 0 Å². The lowest BCUT2D eigenvalue weighted by Gasteiger charge is -2.16. The average Bonchev–Trinajstić information content (AvgIpc) is 3.23. The first-order valence-corrected chi connectivity index (χ1v) is 9.63. The first-order chi connectivity index (χ1) is 14.9. The van der Waals surface area contributed by atoms with E-state index >= 15 is 0 Å². The molecule has 1 aliphatic rings. The van der Waals surface area contributed by atoms with Gasteiger partial charge in [-0.05, 0) is 36.8 Å². The van der Waals surface area contributed by atoms with Crippen LogP contribution in [0.4, 0.5) is 0 Å². The van der Waals surface area contributed by atoms with Crippen molar-refractivity contribution in [2.45, 2.75) is 19.4 Å². The molecule has 0 amide bonds. The number of ether oxygens (including phenoxy) is 2. The van der Waals surface area contributed by atoms with Gasteiger partial charge < -0.3 is 20.0 Å². The second-order valence-electron chi connectivity index (χ2n) is 7.13. The molecule has 3 aromatic rings. The number of hydrazone groups is 1. The number of hydrogen-bond donors (Lipinski definition) is 3. The summed E-state index contributed by atoms with van der Waals surface area (Å²) >= 11 is 0. The number of rotatable bonds is 5. The zero-order valence-corrected chi connectivity index (χ0v) is 17.3. The van der Waals surface area contributed by atoms with E-state index in [2.05, 4.69) is 15.5 Å². The zero-order chi connectivity index (χ0) is 22.1. The fraction of sp³-hybridized carbons (Fsp3) is 0.227. The van der Waals surface area contributed by atoms with Gasteiger partial charge in [0.15, 0.2) is 0 Å². The van der Waals surface area contributed by atoms with Gasteiger partial charge in [-0.1, -0.05) is 18.2 Å². The molecular weight excluding hydrogens is 400 g/mol. The number of nitrogens with zero attached hydrogens (tertiary/aromatic N) is 2. The first kappa shape index (κ1) is 20.3. The van der Waals surface area contributed by atoms with Gasteiger partial charge in [-0.2, -0.15) is 5.10 Å². The predicted octanol–water partition coefficient (Wildman–Crippen LogP) is 2.00. The molecule has 3 N–H and O–H groups in total. The van der Waals surface area contributed by atoms with Crippen LogP contribution in [-0.4, -0.2) is 34.6 Å². The highest BCUT2D eigenvalue weighted by atomic mass is 16.5. The normalized spacial score (nSPS) is 15.3. The van der Waals surface area contributed by atoms with Crippen LogP contribution < -0.4 is 26.1 Å². The molecule has 0 unspecified atom stereocenters.